The number of hydrogen-bond donors (Lipinski definition) is 3. The van der Waals surface area contributed by atoms with Crippen LogP contribution in [-0.2, 0) is 0 Å². The van der Waals surface area contributed by atoms with Crippen LogP contribution in [0.25, 0.3) is 0 Å². The number of rotatable bonds is 0. The van der Waals surface area contributed by atoms with Crippen LogP contribution in [0.4, 0.5) is 0 Å². The second-order valence-electron chi connectivity index (χ2n) is 3.58. The van der Waals surface area contributed by atoms with Crippen LogP contribution < -0.4 is 0 Å². The maximum atomic E-state index is 9.47. The summed E-state index contributed by atoms with van der Waals surface area (Å²) in [5.74, 6) is 0.255. The molecule has 2 rings (SSSR count). The summed E-state index contributed by atoms with van der Waals surface area (Å²) in [5.41, 5.74) is -0.612. The van der Waals surface area contributed by atoms with E-state index in [4.69, 9.17) is 10.2 Å². The first kappa shape index (κ1) is 6.58. The van der Waals surface area contributed by atoms with Gasteiger partial charge in [-0.15, -0.1) is 0 Å². The SMILES string of the molecule is OC1CC2CC2(O)CC1O. The van der Waals surface area contributed by atoms with Gasteiger partial charge in [-0.05, 0) is 18.8 Å². The van der Waals surface area contributed by atoms with Crippen molar-refractivity contribution in [3.8, 4) is 0 Å². The molecular weight excluding hydrogens is 132 g/mol. The van der Waals surface area contributed by atoms with Crippen molar-refractivity contribution in [2.75, 3.05) is 0 Å². The molecule has 2 fully saturated rings. The molecule has 0 radical (unpaired) electrons. The van der Waals surface area contributed by atoms with Crippen LogP contribution in [-0.4, -0.2) is 33.1 Å². The van der Waals surface area contributed by atoms with E-state index in [1.165, 1.54) is 0 Å². The molecule has 0 aliphatic heterocycles. The molecule has 10 heavy (non-hydrogen) atoms. The highest BCUT2D eigenvalue weighted by atomic mass is 16.3. The predicted octanol–water partition coefficient (Wildman–Crippen LogP) is -0.747. The number of aliphatic hydroxyl groups excluding tert-OH is 2. The molecule has 2 aliphatic rings. The molecule has 0 amide bonds. The van der Waals surface area contributed by atoms with Gasteiger partial charge in [-0.25, -0.2) is 0 Å². The summed E-state index contributed by atoms with van der Waals surface area (Å²) in [7, 11) is 0. The van der Waals surface area contributed by atoms with Gasteiger partial charge < -0.3 is 15.3 Å². The fourth-order valence-electron chi connectivity index (χ4n) is 1.87. The Morgan fingerprint density at radius 2 is 1.80 bits per heavy atom. The molecular formula is C7H12O3. The Kier molecular flexibility index (Phi) is 1.14. The van der Waals surface area contributed by atoms with Crippen LogP contribution in [0, 0.1) is 5.92 Å². The molecule has 0 spiro atoms. The number of aliphatic hydroxyl groups is 3. The molecule has 3 N–H and O–H groups in total. The summed E-state index contributed by atoms with van der Waals surface area (Å²) in [6.07, 6.45) is 0.383. The van der Waals surface area contributed by atoms with Crippen LogP contribution >= 0.6 is 0 Å². The van der Waals surface area contributed by atoms with Gasteiger partial charge in [-0.3, -0.25) is 0 Å². The van der Waals surface area contributed by atoms with E-state index >= 15 is 0 Å². The molecule has 4 unspecified atom stereocenters. The monoisotopic (exact) mass is 144 g/mol. The lowest BCUT2D eigenvalue weighted by molar-refractivity contribution is -0.0557. The summed E-state index contributed by atoms with van der Waals surface area (Å²) in [6.45, 7) is 0. The largest absolute Gasteiger partial charge is 0.390 e. The van der Waals surface area contributed by atoms with Gasteiger partial charge in [0.2, 0.25) is 0 Å². The van der Waals surface area contributed by atoms with E-state index in [0.717, 1.165) is 6.42 Å². The smallest absolute Gasteiger partial charge is 0.0826 e. The first-order valence-corrected chi connectivity index (χ1v) is 3.70. The first-order chi connectivity index (χ1) is 4.62. The lowest BCUT2D eigenvalue weighted by atomic mass is 9.93. The van der Waals surface area contributed by atoms with Crippen molar-refractivity contribution in [2.45, 2.75) is 37.1 Å². The van der Waals surface area contributed by atoms with Crippen molar-refractivity contribution >= 4 is 0 Å². The topological polar surface area (TPSA) is 60.7 Å². The van der Waals surface area contributed by atoms with Gasteiger partial charge in [0.25, 0.3) is 0 Å². The zero-order valence-electron chi connectivity index (χ0n) is 5.70. The summed E-state index contributed by atoms with van der Waals surface area (Å²) in [6, 6.07) is 0. The van der Waals surface area contributed by atoms with E-state index in [0.29, 0.717) is 12.8 Å². The summed E-state index contributed by atoms with van der Waals surface area (Å²) < 4.78 is 0. The lowest BCUT2D eigenvalue weighted by Crippen LogP contribution is -2.37. The van der Waals surface area contributed by atoms with Crippen molar-refractivity contribution in [1.29, 1.82) is 0 Å². The second-order valence-corrected chi connectivity index (χ2v) is 3.58. The Morgan fingerprint density at radius 1 is 1.10 bits per heavy atom. The van der Waals surface area contributed by atoms with E-state index in [2.05, 4.69) is 0 Å². The minimum Gasteiger partial charge on any atom is -0.390 e. The van der Waals surface area contributed by atoms with E-state index in [1.54, 1.807) is 0 Å². The van der Waals surface area contributed by atoms with Gasteiger partial charge in [-0.2, -0.15) is 0 Å². The van der Waals surface area contributed by atoms with Gasteiger partial charge in [0, 0.05) is 6.42 Å². The highest BCUT2D eigenvalue weighted by molar-refractivity contribution is 5.09. The number of fused-ring (bicyclic) bond motifs is 1. The molecule has 58 valence electrons. The third-order valence-corrected chi connectivity index (χ3v) is 2.73. The van der Waals surface area contributed by atoms with Crippen LogP contribution in [0.15, 0.2) is 0 Å². The molecule has 0 saturated heterocycles. The summed E-state index contributed by atoms with van der Waals surface area (Å²) in [5, 5.41) is 27.7. The fraction of sp³-hybridized carbons (Fsp3) is 1.00. The van der Waals surface area contributed by atoms with Gasteiger partial charge in [-0.1, -0.05) is 0 Å². The van der Waals surface area contributed by atoms with Crippen LogP contribution in [0.2, 0.25) is 0 Å². The van der Waals surface area contributed by atoms with E-state index < -0.39 is 17.8 Å². The summed E-state index contributed by atoms with van der Waals surface area (Å²) >= 11 is 0. The first-order valence-electron chi connectivity index (χ1n) is 3.70. The third-order valence-electron chi connectivity index (χ3n) is 2.73. The Hall–Kier alpha value is -0.120. The normalized spacial score (nSPS) is 59.7. The van der Waals surface area contributed by atoms with Crippen molar-refractivity contribution in [1.82, 2.24) is 0 Å². The minimum absolute atomic E-state index is 0.255. The molecule has 3 nitrogen and oxygen atoms in total. The quantitative estimate of drug-likeness (QED) is 0.419. The van der Waals surface area contributed by atoms with E-state index in [9.17, 15) is 5.11 Å². The highest BCUT2D eigenvalue weighted by Crippen LogP contribution is 2.53. The molecule has 0 aromatic heterocycles. The molecule has 0 aromatic carbocycles. The predicted molar refractivity (Wildman–Crippen MR) is 34.3 cm³/mol. The maximum absolute atomic E-state index is 9.47. The van der Waals surface area contributed by atoms with Crippen molar-refractivity contribution in [3.05, 3.63) is 0 Å². The van der Waals surface area contributed by atoms with Crippen LogP contribution in [0.1, 0.15) is 19.3 Å². The van der Waals surface area contributed by atoms with Crippen molar-refractivity contribution in [2.24, 2.45) is 5.92 Å². The van der Waals surface area contributed by atoms with Crippen LogP contribution in [0.5, 0.6) is 0 Å². The third kappa shape index (κ3) is 0.779. The average Bonchev–Trinajstić information content (AvgIpc) is 2.41. The molecule has 4 atom stereocenters. The molecule has 2 aliphatic carbocycles. The molecule has 0 aromatic rings. The van der Waals surface area contributed by atoms with Gasteiger partial charge in [0.15, 0.2) is 0 Å². The molecule has 2 saturated carbocycles. The second kappa shape index (κ2) is 1.72. The van der Waals surface area contributed by atoms with E-state index in [-0.39, 0.29) is 5.92 Å². The summed E-state index contributed by atoms with van der Waals surface area (Å²) in [4.78, 5) is 0. The molecule has 0 heterocycles. The van der Waals surface area contributed by atoms with E-state index in [1.807, 2.05) is 0 Å². The van der Waals surface area contributed by atoms with Crippen LogP contribution in [0.3, 0.4) is 0 Å². The van der Waals surface area contributed by atoms with Gasteiger partial charge >= 0.3 is 0 Å². The Bertz CT molecular complexity index is 159. The number of hydrogen-bond acceptors (Lipinski definition) is 3. The zero-order chi connectivity index (χ0) is 7.35. The average molecular weight is 144 g/mol. The minimum atomic E-state index is -0.705. The maximum Gasteiger partial charge on any atom is 0.0826 e. The highest BCUT2D eigenvalue weighted by Gasteiger charge is 2.58. The Balaban J connectivity index is 2.05. The van der Waals surface area contributed by atoms with Crippen molar-refractivity contribution < 1.29 is 15.3 Å². The van der Waals surface area contributed by atoms with Gasteiger partial charge in [0.05, 0.1) is 17.8 Å². The Labute approximate surface area is 59.3 Å². The standard InChI is InChI=1S/C7H12O3/c8-5-1-4-2-7(4,10)3-6(5)9/h4-6,8-10H,1-3H2. The molecule has 3 heteroatoms. The zero-order valence-corrected chi connectivity index (χ0v) is 5.70. The fourth-order valence-corrected chi connectivity index (χ4v) is 1.87. The van der Waals surface area contributed by atoms with Gasteiger partial charge in [0.1, 0.15) is 0 Å². The lowest BCUT2D eigenvalue weighted by Gasteiger charge is -2.26. The molecule has 0 bridgehead atoms. The Morgan fingerprint density at radius 3 is 2.40 bits per heavy atom. The van der Waals surface area contributed by atoms with Crippen molar-refractivity contribution in [3.63, 3.8) is 0 Å².